The third-order valence-electron chi connectivity index (χ3n) is 5.26. The summed E-state index contributed by atoms with van der Waals surface area (Å²) in [7, 11) is 0. The van der Waals surface area contributed by atoms with E-state index >= 15 is 0 Å². The van der Waals surface area contributed by atoms with Gasteiger partial charge in [0.2, 0.25) is 0 Å². The van der Waals surface area contributed by atoms with E-state index in [-0.39, 0.29) is 5.75 Å². The summed E-state index contributed by atoms with van der Waals surface area (Å²) in [5.74, 6) is 0.505. The first kappa shape index (κ1) is 20.6. The zero-order valence-electron chi connectivity index (χ0n) is 16.5. The summed E-state index contributed by atoms with van der Waals surface area (Å²) >= 11 is 0. The van der Waals surface area contributed by atoms with E-state index in [1.807, 2.05) is 30.3 Å². The minimum atomic E-state index is 0.130. The number of nitrogens with zero attached hydrogens (tertiary/aromatic N) is 2. The molecule has 0 aliphatic carbocycles. The number of phenols is 1. The van der Waals surface area contributed by atoms with E-state index in [4.69, 9.17) is 0 Å². The molecule has 4 N–H and O–H groups in total. The molecule has 2 aromatic carbocycles. The topological polar surface area (TPSA) is 78.4 Å². The Hall–Kier alpha value is -2.12. The van der Waals surface area contributed by atoms with Crippen molar-refractivity contribution in [2.75, 3.05) is 52.4 Å². The molecule has 1 heterocycles. The molecule has 1 aliphatic heterocycles. The predicted molar refractivity (Wildman–Crippen MR) is 109 cm³/mol. The number of benzene rings is 2. The van der Waals surface area contributed by atoms with Crippen LogP contribution in [0.5, 0.6) is 11.5 Å². The largest absolute Gasteiger partial charge is 0.872 e. The predicted octanol–water partition coefficient (Wildman–Crippen LogP) is -0.0634. The van der Waals surface area contributed by atoms with E-state index in [2.05, 4.69) is 20.4 Å². The second-order valence-electron chi connectivity index (χ2n) is 7.40. The normalized spacial score (nSPS) is 18.3. The second kappa shape index (κ2) is 11.0. The van der Waals surface area contributed by atoms with Gasteiger partial charge >= 0.3 is 0 Å². The quantitative estimate of drug-likeness (QED) is 0.688. The Labute approximate surface area is 167 Å². The van der Waals surface area contributed by atoms with Gasteiger partial charge in [-0.1, -0.05) is 42.5 Å². The lowest BCUT2D eigenvalue weighted by molar-refractivity contribution is -0.654. The average molecular weight is 385 g/mol. The first-order valence-electron chi connectivity index (χ1n) is 10.2. The molecule has 6 nitrogen and oxygen atoms in total. The summed E-state index contributed by atoms with van der Waals surface area (Å²) < 4.78 is 0. The minimum absolute atomic E-state index is 0.130. The number of hydrogen-bond acceptors (Lipinski definition) is 5. The summed E-state index contributed by atoms with van der Waals surface area (Å²) in [6.07, 6.45) is 0. The fourth-order valence-electron chi connectivity index (χ4n) is 3.59. The maximum Gasteiger partial charge on any atom is 0.120 e. The highest BCUT2D eigenvalue weighted by Gasteiger charge is 2.12. The highest BCUT2D eigenvalue weighted by Crippen LogP contribution is 2.17. The first-order valence-corrected chi connectivity index (χ1v) is 10.2. The van der Waals surface area contributed by atoms with Crippen LogP contribution in [-0.2, 0) is 13.1 Å². The maximum absolute atomic E-state index is 12.0. The van der Waals surface area contributed by atoms with Crippen molar-refractivity contribution in [3.8, 4) is 11.5 Å². The van der Waals surface area contributed by atoms with Crippen molar-refractivity contribution in [3.05, 3.63) is 59.7 Å². The van der Waals surface area contributed by atoms with Crippen LogP contribution in [0, 0.1) is 0 Å². The van der Waals surface area contributed by atoms with Gasteiger partial charge in [0.25, 0.3) is 0 Å². The Bertz CT molecular complexity index is 652. The van der Waals surface area contributed by atoms with Crippen LogP contribution in [0.15, 0.2) is 48.5 Å². The SMILES string of the molecule is [O-]c1ccccc1CN1CCNCCN(Cc2ccccc2O)CC[NH2+]CC1. The molecule has 28 heavy (non-hydrogen) atoms. The van der Waals surface area contributed by atoms with Gasteiger partial charge < -0.3 is 20.8 Å². The average Bonchev–Trinajstić information content (AvgIpc) is 2.68. The molecular weight excluding hydrogens is 352 g/mol. The summed E-state index contributed by atoms with van der Waals surface area (Å²) in [6, 6.07) is 14.9. The Morgan fingerprint density at radius 1 is 0.821 bits per heavy atom. The molecule has 0 bridgehead atoms. The number of nitrogens with two attached hydrogens (primary N) is 1. The molecule has 2 aromatic rings. The molecule has 0 saturated carbocycles. The fourth-order valence-corrected chi connectivity index (χ4v) is 3.59. The Kier molecular flexibility index (Phi) is 8.11. The van der Waals surface area contributed by atoms with Crippen LogP contribution >= 0.6 is 0 Å². The maximum atomic E-state index is 12.0. The van der Waals surface area contributed by atoms with Crippen molar-refractivity contribution in [3.63, 3.8) is 0 Å². The smallest absolute Gasteiger partial charge is 0.120 e. The lowest BCUT2D eigenvalue weighted by atomic mass is 10.2. The number of phenolic OH excluding ortho intramolecular Hbond substituents is 1. The molecule has 1 saturated heterocycles. The number of rotatable bonds is 4. The van der Waals surface area contributed by atoms with E-state index < -0.39 is 0 Å². The van der Waals surface area contributed by atoms with Crippen molar-refractivity contribution in [1.82, 2.24) is 15.1 Å². The second-order valence-corrected chi connectivity index (χ2v) is 7.40. The summed E-state index contributed by atoms with van der Waals surface area (Å²) in [5.41, 5.74) is 1.86. The molecule has 0 aromatic heterocycles. The lowest BCUT2D eigenvalue weighted by Gasteiger charge is -2.27. The third kappa shape index (κ3) is 6.49. The first-order chi connectivity index (χ1) is 13.7. The van der Waals surface area contributed by atoms with Crippen LogP contribution in [0.3, 0.4) is 0 Å². The lowest BCUT2D eigenvalue weighted by Crippen LogP contribution is -2.87. The molecule has 6 heteroatoms. The van der Waals surface area contributed by atoms with E-state index in [0.717, 1.165) is 70.0 Å². The monoisotopic (exact) mass is 384 g/mol. The molecule has 3 rings (SSSR count). The van der Waals surface area contributed by atoms with Crippen LogP contribution in [-0.4, -0.2) is 67.3 Å². The molecule has 1 fully saturated rings. The molecule has 0 amide bonds. The molecule has 0 radical (unpaired) electrons. The van der Waals surface area contributed by atoms with E-state index in [1.165, 1.54) is 0 Å². The summed E-state index contributed by atoms with van der Waals surface area (Å²) in [5, 5.41) is 27.9. The molecule has 152 valence electrons. The molecule has 0 spiro atoms. The van der Waals surface area contributed by atoms with Gasteiger partial charge in [-0.3, -0.25) is 9.80 Å². The third-order valence-corrected chi connectivity index (χ3v) is 5.26. The zero-order chi connectivity index (χ0) is 19.6. The summed E-state index contributed by atoms with van der Waals surface area (Å²) in [4.78, 5) is 4.76. The van der Waals surface area contributed by atoms with E-state index in [1.54, 1.807) is 18.2 Å². The van der Waals surface area contributed by atoms with E-state index in [9.17, 15) is 10.2 Å². The molecule has 0 atom stereocenters. The molecule has 1 aliphatic rings. The number of para-hydroxylation sites is 2. The van der Waals surface area contributed by atoms with Crippen LogP contribution in [0.4, 0.5) is 0 Å². The van der Waals surface area contributed by atoms with Crippen LogP contribution in [0.1, 0.15) is 11.1 Å². The Morgan fingerprint density at radius 3 is 2.04 bits per heavy atom. The Balaban J connectivity index is 1.50. The standard InChI is InChI=1S/C22H32N4O2/c27-21-7-3-1-5-19(21)17-25-13-9-23-11-15-26(16-12-24-10-14-25)18-20-6-2-4-8-22(20)28/h1-8,23-24,27-28H,9-18H2. The highest BCUT2D eigenvalue weighted by molar-refractivity contribution is 5.31. The summed E-state index contributed by atoms with van der Waals surface area (Å²) in [6.45, 7) is 9.20. The van der Waals surface area contributed by atoms with Gasteiger partial charge in [-0.2, -0.15) is 0 Å². The molecular formula is C22H32N4O2. The van der Waals surface area contributed by atoms with Gasteiger partial charge in [0.15, 0.2) is 0 Å². The van der Waals surface area contributed by atoms with Gasteiger partial charge in [0.1, 0.15) is 5.75 Å². The van der Waals surface area contributed by atoms with E-state index in [0.29, 0.717) is 12.3 Å². The zero-order valence-corrected chi connectivity index (χ0v) is 16.5. The number of aromatic hydroxyl groups is 1. The van der Waals surface area contributed by atoms with Crippen molar-refractivity contribution < 1.29 is 15.5 Å². The van der Waals surface area contributed by atoms with Crippen LogP contribution in [0.2, 0.25) is 0 Å². The van der Waals surface area contributed by atoms with Gasteiger partial charge in [-0.15, -0.1) is 5.75 Å². The van der Waals surface area contributed by atoms with Crippen LogP contribution < -0.4 is 15.7 Å². The number of nitrogens with one attached hydrogen (secondary N) is 1. The van der Waals surface area contributed by atoms with Crippen LogP contribution in [0.25, 0.3) is 0 Å². The molecule has 0 unspecified atom stereocenters. The number of quaternary nitrogens is 1. The van der Waals surface area contributed by atoms with Gasteiger partial charge in [-0.05, 0) is 11.6 Å². The van der Waals surface area contributed by atoms with Crippen molar-refractivity contribution in [2.45, 2.75) is 13.1 Å². The van der Waals surface area contributed by atoms with Gasteiger partial charge in [0.05, 0.1) is 13.1 Å². The van der Waals surface area contributed by atoms with Gasteiger partial charge in [-0.25, -0.2) is 0 Å². The van der Waals surface area contributed by atoms with Crippen molar-refractivity contribution >= 4 is 0 Å². The highest BCUT2D eigenvalue weighted by atomic mass is 16.3. The fraction of sp³-hybridized carbons (Fsp3) is 0.455. The minimum Gasteiger partial charge on any atom is -0.872 e. The van der Waals surface area contributed by atoms with Crippen molar-refractivity contribution in [1.29, 1.82) is 0 Å². The number of hydrogen-bond donors (Lipinski definition) is 3. The van der Waals surface area contributed by atoms with Gasteiger partial charge in [0, 0.05) is 57.9 Å². The Morgan fingerprint density at radius 2 is 1.39 bits per heavy atom. The van der Waals surface area contributed by atoms with Crippen molar-refractivity contribution in [2.24, 2.45) is 0 Å².